The van der Waals surface area contributed by atoms with E-state index in [2.05, 4.69) is 15.2 Å². The van der Waals surface area contributed by atoms with E-state index in [1.54, 1.807) is 25.1 Å². The first-order valence-electron chi connectivity index (χ1n) is 4.93. The largest absolute Gasteiger partial charge is 0.495 e. The Morgan fingerprint density at radius 1 is 1.65 bits per heavy atom. The lowest BCUT2D eigenvalue weighted by Crippen LogP contribution is -2.26. The molecule has 6 nitrogen and oxygen atoms in total. The third kappa shape index (κ3) is 2.44. The lowest BCUT2D eigenvalue weighted by Gasteiger charge is -2.15. The molecule has 0 saturated heterocycles. The summed E-state index contributed by atoms with van der Waals surface area (Å²) in [5.41, 5.74) is 0. The number of aromatic amines is 1. The Balaban J connectivity index is 2.09. The van der Waals surface area contributed by atoms with Crippen molar-refractivity contribution < 1.29 is 9.53 Å². The van der Waals surface area contributed by atoms with Crippen LogP contribution in [0.3, 0.4) is 0 Å². The molecule has 0 radical (unpaired) electrons. The average Bonchev–Trinajstić information content (AvgIpc) is 2.97. The fourth-order valence-corrected chi connectivity index (χ4v) is 2.24. The van der Waals surface area contributed by atoms with E-state index in [0.29, 0.717) is 23.0 Å². The Labute approximate surface area is 102 Å². The maximum Gasteiger partial charge on any atom is 0.267 e. The quantitative estimate of drug-likeness (QED) is 0.886. The number of nitrogens with one attached hydrogen (secondary N) is 1. The molecule has 0 spiro atoms. The Morgan fingerprint density at radius 2 is 2.47 bits per heavy atom. The number of hydrogen-bond donors (Lipinski definition) is 1. The van der Waals surface area contributed by atoms with Crippen LogP contribution < -0.4 is 4.74 Å². The van der Waals surface area contributed by atoms with Gasteiger partial charge in [0.15, 0.2) is 0 Å². The zero-order valence-corrected chi connectivity index (χ0v) is 10.3. The van der Waals surface area contributed by atoms with Crippen molar-refractivity contribution in [1.82, 2.24) is 20.1 Å². The monoisotopic (exact) mass is 252 g/mol. The van der Waals surface area contributed by atoms with Crippen molar-refractivity contribution in [2.45, 2.75) is 6.54 Å². The summed E-state index contributed by atoms with van der Waals surface area (Å²) in [6.45, 7) is 0.389. The Hall–Kier alpha value is -1.89. The van der Waals surface area contributed by atoms with Gasteiger partial charge in [0.05, 0.1) is 13.7 Å². The highest BCUT2D eigenvalue weighted by Crippen LogP contribution is 2.25. The van der Waals surface area contributed by atoms with Crippen molar-refractivity contribution in [2.24, 2.45) is 0 Å². The Kier molecular flexibility index (Phi) is 3.38. The van der Waals surface area contributed by atoms with Crippen molar-refractivity contribution >= 4 is 17.2 Å². The first-order valence-corrected chi connectivity index (χ1v) is 5.81. The van der Waals surface area contributed by atoms with Crippen molar-refractivity contribution in [3.63, 3.8) is 0 Å². The summed E-state index contributed by atoms with van der Waals surface area (Å²) in [7, 11) is 3.26. The van der Waals surface area contributed by atoms with Gasteiger partial charge in [0.25, 0.3) is 5.91 Å². The van der Waals surface area contributed by atoms with E-state index in [1.807, 2.05) is 5.38 Å². The zero-order chi connectivity index (χ0) is 12.3. The highest BCUT2D eigenvalue weighted by atomic mass is 32.1. The number of carbonyl (C=O) groups is 1. The van der Waals surface area contributed by atoms with Crippen LogP contribution in [0, 0.1) is 0 Å². The molecule has 17 heavy (non-hydrogen) atoms. The highest BCUT2D eigenvalue weighted by Gasteiger charge is 2.18. The zero-order valence-electron chi connectivity index (χ0n) is 9.51. The van der Waals surface area contributed by atoms with E-state index in [9.17, 15) is 4.79 Å². The topological polar surface area (TPSA) is 71.1 Å². The highest BCUT2D eigenvalue weighted by molar-refractivity contribution is 7.12. The predicted octanol–water partition coefficient (Wildman–Crippen LogP) is 1.15. The number of hydrogen-bond acceptors (Lipinski definition) is 5. The summed E-state index contributed by atoms with van der Waals surface area (Å²) in [6.07, 6.45) is 1.42. The van der Waals surface area contributed by atoms with Crippen LogP contribution in [0.25, 0.3) is 0 Å². The number of aromatic nitrogens is 3. The van der Waals surface area contributed by atoms with Gasteiger partial charge in [-0.05, 0) is 11.4 Å². The number of H-pyrrole nitrogens is 1. The van der Waals surface area contributed by atoms with Crippen LogP contribution in [0.1, 0.15) is 15.5 Å². The summed E-state index contributed by atoms with van der Waals surface area (Å²) < 4.78 is 5.12. The van der Waals surface area contributed by atoms with Gasteiger partial charge < -0.3 is 9.64 Å². The molecule has 0 atom stereocenters. The van der Waals surface area contributed by atoms with Crippen LogP contribution >= 0.6 is 11.3 Å². The van der Waals surface area contributed by atoms with Crippen LogP contribution in [0.2, 0.25) is 0 Å². The van der Waals surface area contributed by atoms with Crippen LogP contribution in [-0.4, -0.2) is 40.1 Å². The van der Waals surface area contributed by atoms with Crippen molar-refractivity contribution in [3.05, 3.63) is 28.5 Å². The van der Waals surface area contributed by atoms with Crippen LogP contribution in [0.15, 0.2) is 17.8 Å². The van der Waals surface area contributed by atoms with E-state index < -0.39 is 0 Å². The van der Waals surface area contributed by atoms with Gasteiger partial charge in [-0.2, -0.15) is 5.10 Å². The third-order valence-corrected chi connectivity index (χ3v) is 3.13. The molecule has 1 N–H and O–H groups in total. The number of carbonyl (C=O) groups excluding carboxylic acids is 1. The molecule has 0 aromatic carbocycles. The number of thiophene rings is 1. The van der Waals surface area contributed by atoms with Crippen LogP contribution in [0.5, 0.6) is 5.75 Å². The van der Waals surface area contributed by atoms with Gasteiger partial charge in [-0.15, -0.1) is 11.3 Å². The summed E-state index contributed by atoms with van der Waals surface area (Å²) >= 11 is 1.36. The summed E-state index contributed by atoms with van der Waals surface area (Å²) in [6, 6.07) is 1.78. The lowest BCUT2D eigenvalue weighted by atomic mass is 10.3. The minimum Gasteiger partial charge on any atom is -0.495 e. The summed E-state index contributed by atoms with van der Waals surface area (Å²) in [5.74, 6) is 1.16. The van der Waals surface area contributed by atoms with E-state index in [-0.39, 0.29) is 5.91 Å². The maximum atomic E-state index is 12.1. The molecule has 0 bridgehead atoms. The van der Waals surface area contributed by atoms with Gasteiger partial charge in [0.2, 0.25) is 0 Å². The molecular weight excluding hydrogens is 240 g/mol. The van der Waals surface area contributed by atoms with E-state index >= 15 is 0 Å². The molecule has 1 amide bonds. The van der Waals surface area contributed by atoms with Gasteiger partial charge in [-0.3, -0.25) is 9.89 Å². The molecule has 2 aromatic rings. The molecule has 90 valence electrons. The Morgan fingerprint density at radius 3 is 3.12 bits per heavy atom. The van der Waals surface area contributed by atoms with Gasteiger partial charge in [0, 0.05) is 7.05 Å². The van der Waals surface area contributed by atoms with Gasteiger partial charge in [0.1, 0.15) is 22.8 Å². The van der Waals surface area contributed by atoms with Crippen molar-refractivity contribution in [3.8, 4) is 5.75 Å². The van der Waals surface area contributed by atoms with E-state index in [1.165, 1.54) is 17.7 Å². The molecular formula is C10H12N4O2S. The molecule has 0 aliphatic carbocycles. The smallest absolute Gasteiger partial charge is 0.267 e. The average molecular weight is 252 g/mol. The molecule has 0 fully saturated rings. The first kappa shape index (κ1) is 11.6. The number of amides is 1. The van der Waals surface area contributed by atoms with Crippen LogP contribution in [-0.2, 0) is 6.54 Å². The Bertz CT molecular complexity index is 494. The molecule has 0 saturated carbocycles. The number of nitrogens with zero attached hydrogens (tertiary/aromatic N) is 3. The van der Waals surface area contributed by atoms with Gasteiger partial charge in [-0.25, -0.2) is 4.98 Å². The van der Waals surface area contributed by atoms with E-state index in [0.717, 1.165) is 0 Å². The normalized spacial score (nSPS) is 10.2. The minimum atomic E-state index is -0.0896. The second-order valence-electron chi connectivity index (χ2n) is 3.41. The molecule has 2 aromatic heterocycles. The maximum absolute atomic E-state index is 12.1. The lowest BCUT2D eigenvalue weighted by molar-refractivity contribution is 0.0783. The molecule has 2 heterocycles. The second-order valence-corrected chi connectivity index (χ2v) is 4.33. The fourth-order valence-electron chi connectivity index (χ4n) is 1.39. The molecule has 0 aliphatic heterocycles. The van der Waals surface area contributed by atoms with Crippen LogP contribution in [0.4, 0.5) is 0 Å². The van der Waals surface area contributed by atoms with Crippen molar-refractivity contribution in [2.75, 3.05) is 14.2 Å². The summed E-state index contributed by atoms with van der Waals surface area (Å²) in [5, 5.41) is 8.28. The standard InChI is InChI=1S/C10H12N4O2S/c1-14(5-8-11-6-12-13-8)10(15)9-7(16-2)3-4-17-9/h3-4,6H,5H2,1-2H3,(H,11,12,13). The minimum absolute atomic E-state index is 0.0896. The molecule has 7 heteroatoms. The number of ether oxygens (including phenoxy) is 1. The molecule has 0 aliphatic rings. The molecule has 0 unspecified atom stereocenters. The second kappa shape index (κ2) is 4.96. The summed E-state index contributed by atoms with van der Waals surface area (Å²) in [4.78, 5) is 18.2. The first-order chi connectivity index (χ1) is 8.22. The third-order valence-electron chi connectivity index (χ3n) is 2.24. The van der Waals surface area contributed by atoms with Gasteiger partial charge in [-0.1, -0.05) is 0 Å². The fraction of sp³-hybridized carbons (Fsp3) is 0.300. The predicted molar refractivity (Wildman–Crippen MR) is 63.1 cm³/mol. The van der Waals surface area contributed by atoms with Gasteiger partial charge >= 0.3 is 0 Å². The van der Waals surface area contributed by atoms with Crippen molar-refractivity contribution in [1.29, 1.82) is 0 Å². The SMILES string of the molecule is COc1ccsc1C(=O)N(C)Cc1ncn[nH]1. The van der Waals surface area contributed by atoms with E-state index in [4.69, 9.17) is 4.74 Å². The number of rotatable bonds is 4. The molecule has 2 rings (SSSR count). The number of methoxy groups -OCH3 is 1.